The number of hydrogen-bond acceptors (Lipinski definition) is 4. The molecule has 1 atom stereocenters. The summed E-state index contributed by atoms with van der Waals surface area (Å²) >= 11 is 8.48. The van der Waals surface area contributed by atoms with E-state index in [-0.39, 0.29) is 22.6 Å². The van der Waals surface area contributed by atoms with Crippen LogP contribution in [0.15, 0.2) is 18.2 Å². The Balaban J connectivity index is 1.44. The van der Waals surface area contributed by atoms with E-state index in [2.05, 4.69) is 64.4 Å². The Kier molecular flexibility index (Phi) is 9.50. The maximum Gasteiger partial charge on any atom is 0.220 e. The molecular weight excluding hydrogens is 573 g/mol. The molecule has 6 nitrogen and oxygen atoms in total. The van der Waals surface area contributed by atoms with Gasteiger partial charge >= 0.3 is 0 Å². The molecule has 1 aromatic rings. The largest absolute Gasteiger partial charge is 0.352 e. The summed E-state index contributed by atoms with van der Waals surface area (Å²) in [7, 11) is -3.22. The number of hydrogen-bond donors (Lipinski definition) is 2. The van der Waals surface area contributed by atoms with E-state index in [9.17, 15) is 13.2 Å². The lowest BCUT2D eigenvalue weighted by molar-refractivity contribution is -0.122. The van der Waals surface area contributed by atoms with Crippen molar-refractivity contribution in [2.24, 2.45) is 11.3 Å². The average molecular weight is 610 g/mol. The number of halogens is 2. The lowest BCUT2D eigenvalue weighted by Gasteiger charge is -2.38. The molecule has 0 bridgehead atoms. The number of benzene rings is 1. The number of nitrogens with zero attached hydrogens (tertiary/aromatic N) is 1. The molecule has 0 aromatic heterocycles. The van der Waals surface area contributed by atoms with Gasteiger partial charge in [0, 0.05) is 35.0 Å². The highest BCUT2D eigenvalue weighted by Crippen LogP contribution is 2.30. The second kappa shape index (κ2) is 11.5. The summed E-state index contributed by atoms with van der Waals surface area (Å²) in [6, 6.07) is 5.82. The normalized spacial score (nSPS) is 19.4. The van der Waals surface area contributed by atoms with E-state index in [0.717, 1.165) is 54.3 Å². The summed E-state index contributed by atoms with van der Waals surface area (Å²) in [5.41, 5.74) is 2.03. The van der Waals surface area contributed by atoms with Crippen LogP contribution >= 0.6 is 34.2 Å². The van der Waals surface area contributed by atoms with Crippen molar-refractivity contribution in [2.75, 3.05) is 19.6 Å². The van der Waals surface area contributed by atoms with Gasteiger partial charge in [0.1, 0.15) is 0 Å². The predicted molar refractivity (Wildman–Crippen MR) is 143 cm³/mol. The first-order valence-electron chi connectivity index (χ1n) is 11.8. The number of likely N-dealkylation sites (tertiary alicyclic amines) is 1. The third-order valence-electron chi connectivity index (χ3n) is 6.60. The van der Waals surface area contributed by atoms with Crippen molar-refractivity contribution in [1.82, 2.24) is 14.9 Å². The van der Waals surface area contributed by atoms with E-state index in [0.29, 0.717) is 30.5 Å². The van der Waals surface area contributed by atoms with Crippen molar-refractivity contribution >= 4 is 50.1 Å². The fourth-order valence-electron chi connectivity index (χ4n) is 4.22. The van der Waals surface area contributed by atoms with Crippen LogP contribution in [0.4, 0.5) is 0 Å². The highest BCUT2D eigenvalue weighted by Gasteiger charge is 2.40. The molecule has 2 N–H and O–H groups in total. The minimum Gasteiger partial charge on any atom is -0.352 e. The third kappa shape index (κ3) is 8.63. The fraction of sp³-hybridized carbons (Fsp3) is 0.708. The van der Waals surface area contributed by atoms with Gasteiger partial charge in [0.2, 0.25) is 15.9 Å². The minimum absolute atomic E-state index is 0.0780. The fourth-order valence-corrected chi connectivity index (χ4v) is 6.72. The van der Waals surface area contributed by atoms with Crippen molar-refractivity contribution in [1.29, 1.82) is 0 Å². The van der Waals surface area contributed by atoms with Crippen LogP contribution in [0.1, 0.15) is 64.0 Å². The zero-order valence-corrected chi connectivity index (χ0v) is 23.6. The van der Waals surface area contributed by atoms with Crippen LogP contribution in [0.5, 0.6) is 0 Å². The van der Waals surface area contributed by atoms with E-state index in [1.54, 1.807) is 0 Å². The molecule has 2 fully saturated rings. The molecule has 1 aliphatic heterocycles. The molecule has 33 heavy (non-hydrogen) atoms. The summed E-state index contributed by atoms with van der Waals surface area (Å²) < 4.78 is 28.9. The van der Waals surface area contributed by atoms with Crippen molar-refractivity contribution in [3.05, 3.63) is 34.3 Å². The Hall–Kier alpha value is -0.420. The van der Waals surface area contributed by atoms with E-state index in [4.69, 9.17) is 11.6 Å². The van der Waals surface area contributed by atoms with Crippen LogP contribution < -0.4 is 10.0 Å². The quantitative estimate of drug-likeness (QED) is 0.303. The van der Waals surface area contributed by atoms with Crippen LogP contribution in [0.3, 0.4) is 0 Å². The van der Waals surface area contributed by atoms with E-state index >= 15 is 0 Å². The standard InChI is InChI=1S/C24H37ClIN3O3S/c1-24(2,3)22(28-33(31,32)21-4-5-21)16-29-8-6-17(7-9-29)13-23(30)27-15-19-10-18(14-26)11-20(25)12-19/h10-12,17,21-22,28H,4-9,13-16H2,1-3H3,(H,27,30). The monoisotopic (exact) mass is 609 g/mol. The number of piperidine rings is 1. The Morgan fingerprint density at radius 3 is 2.36 bits per heavy atom. The van der Waals surface area contributed by atoms with Gasteiger partial charge in [-0.05, 0) is 73.4 Å². The van der Waals surface area contributed by atoms with Gasteiger partial charge in [-0.3, -0.25) is 4.79 Å². The lowest BCUT2D eigenvalue weighted by Crippen LogP contribution is -2.52. The van der Waals surface area contributed by atoms with Gasteiger partial charge in [0.15, 0.2) is 0 Å². The van der Waals surface area contributed by atoms with Crippen LogP contribution in [0.25, 0.3) is 0 Å². The maximum atomic E-state index is 12.5. The van der Waals surface area contributed by atoms with Crippen LogP contribution in [-0.4, -0.2) is 50.2 Å². The van der Waals surface area contributed by atoms with E-state index in [1.807, 2.05) is 12.1 Å². The summed E-state index contributed by atoms with van der Waals surface area (Å²) in [6.07, 6.45) is 3.99. The Labute approximate surface area is 217 Å². The van der Waals surface area contributed by atoms with Crippen LogP contribution in [0.2, 0.25) is 5.02 Å². The van der Waals surface area contributed by atoms with E-state index in [1.165, 1.54) is 0 Å². The first kappa shape index (κ1) is 27.2. The number of carbonyl (C=O) groups is 1. The van der Waals surface area contributed by atoms with Crippen molar-refractivity contribution < 1.29 is 13.2 Å². The molecule has 1 unspecified atom stereocenters. The Bertz CT molecular complexity index is 923. The van der Waals surface area contributed by atoms with Crippen LogP contribution in [0, 0.1) is 11.3 Å². The van der Waals surface area contributed by atoms with Gasteiger partial charge < -0.3 is 10.2 Å². The van der Waals surface area contributed by atoms with Crippen molar-refractivity contribution in [2.45, 2.75) is 75.1 Å². The molecule has 1 heterocycles. The van der Waals surface area contributed by atoms with Gasteiger partial charge in [-0.15, -0.1) is 0 Å². The number of nitrogens with one attached hydrogen (secondary N) is 2. The molecule has 1 amide bonds. The minimum atomic E-state index is -3.22. The maximum absolute atomic E-state index is 12.5. The molecule has 2 aliphatic rings. The zero-order valence-electron chi connectivity index (χ0n) is 19.9. The number of carbonyl (C=O) groups excluding carboxylic acids is 1. The number of alkyl halides is 1. The second-order valence-electron chi connectivity index (χ2n) is 10.6. The molecule has 0 spiro atoms. The lowest BCUT2D eigenvalue weighted by atomic mass is 9.86. The van der Waals surface area contributed by atoms with Gasteiger partial charge in [-0.25, -0.2) is 13.1 Å². The second-order valence-corrected chi connectivity index (χ2v) is 13.8. The highest BCUT2D eigenvalue weighted by molar-refractivity contribution is 14.1. The smallest absolute Gasteiger partial charge is 0.220 e. The van der Waals surface area contributed by atoms with Gasteiger partial charge in [0.05, 0.1) is 5.25 Å². The molecule has 3 rings (SSSR count). The van der Waals surface area contributed by atoms with Crippen molar-refractivity contribution in [3.63, 3.8) is 0 Å². The summed E-state index contributed by atoms with van der Waals surface area (Å²) in [5.74, 6) is 0.441. The molecule has 1 saturated heterocycles. The molecule has 9 heteroatoms. The number of sulfonamides is 1. The van der Waals surface area contributed by atoms with Gasteiger partial charge in [0.25, 0.3) is 0 Å². The van der Waals surface area contributed by atoms with Crippen molar-refractivity contribution in [3.8, 4) is 0 Å². The Morgan fingerprint density at radius 1 is 1.15 bits per heavy atom. The SMILES string of the molecule is CC(C)(C)C(CN1CCC(CC(=O)NCc2cc(Cl)cc(CI)c2)CC1)NS(=O)(=O)C1CC1. The molecular formula is C24H37ClIN3O3S. The van der Waals surface area contributed by atoms with E-state index < -0.39 is 10.0 Å². The first-order valence-corrected chi connectivity index (χ1v) is 15.3. The van der Waals surface area contributed by atoms with Crippen LogP contribution in [-0.2, 0) is 25.8 Å². The molecule has 0 radical (unpaired) electrons. The topological polar surface area (TPSA) is 78.5 Å². The molecule has 1 saturated carbocycles. The summed E-state index contributed by atoms with van der Waals surface area (Å²) in [5, 5.41) is 3.54. The third-order valence-corrected chi connectivity index (χ3v) is 9.66. The molecule has 1 aliphatic carbocycles. The zero-order chi connectivity index (χ0) is 24.2. The van der Waals surface area contributed by atoms with Gasteiger partial charge in [-0.1, -0.05) is 61.0 Å². The first-order chi connectivity index (χ1) is 15.5. The molecule has 186 valence electrons. The van der Waals surface area contributed by atoms with Gasteiger partial charge in [-0.2, -0.15) is 0 Å². The number of amides is 1. The predicted octanol–water partition coefficient (Wildman–Crippen LogP) is 4.49. The number of rotatable bonds is 10. The Morgan fingerprint density at radius 2 is 1.79 bits per heavy atom. The summed E-state index contributed by atoms with van der Waals surface area (Å²) in [4.78, 5) is 14.8. The average Bonchev–Trinajstić information content (AvgIpc) is 3.58. The summed E-state index contributed by atoms with van der Waals surface area (Å²) in [6.45, 7) is 9.26. The molecule has 1 aromatic carbocycles. The highest BCUT2D eigenvalue weighted by atomic mass is 127.